The standard InChI is InChI=1S/C20H23N3O7S/c1-5-28-16-10-8-14(12-18(16)29-6-2)31(24,25)23-20-22-21-19(30-20)13-7-9-15(26-3)17(11-13)27-4/h7-12H,5-6H2,1-4H3,(H,22,23). The SMILES string of the molecule is CCOc1ccc(S(=O)(=O)Nc2nnc(-c3ccc(OC)c(OC)c3)o2)cc1OCC. The highest BCUT2D eigenvalue weighted by atomic mass is 32.2. The fourth-order valence-corrected chi connectivity index (χ4v) is 3.66. The molecule has 0 saturated heterocycles. The first-order valence-corrected chi connectivity index (χ1v) is 10.9. The third kappa shape index (κ3) is 5.00. The minimum Gasteiger partial charge on any atom is -0.493 e. The van der Waals surface area contributed by atoms with Crippen molar-refractivity contribution >= 4 is 16.0 Å². The van der Waals surface area contributed by atoms with Gasteiger partial charge in [-0.1, -0.05) is 5.10 Å². The van der Waals surface area contributed by atoms with Crippen LogP contribution in [0.3, 0.4) is 0 Å². The van der Waals surface area contributed by atoms with E-state index in [0.717, 1.165) is 0 Å². The molecule has 0 bridgehead atoms. The van der Waals surface area contributed by atoms with Crippen LogP contribution in [0.5, 0.6) is 23.0 Å². The molecule has 3 aromatic rings. The maximum Gasteiger partial charge on any atom is 0.330 e. The Morgan fingerprint density at radius 2 is 1.55 bits per heavy atom. The predicted molar refractivity (Wildman–Crippen MR) is 112 cm³/mol. The smallest absolute Gasteiger partial charge is 0.330 e. The molecule has 1 aromatic heterocycles. The number of ether oxygens (including phenoxy) is 4. The topological polar surface area (TPSA) is 122 Å². The Morgan fingerprint density at radius 3 is 2.23 bits per heavy atom. The van der Waals surface area contributed by atoms with Crippen LogP contribution in [0.15, 0.2) is 45.7 Å². The number of nitrogens with zero attached hydrogens (tertiary/aromatic N) is 2. The molecule has 0 spiro atoms. The maximum absolute atomic E-state index is 12.8. The van der Waals surface area contributed by atoms with Gasteiger partial charge in [0.2, 0.25) is 5.89 Å². The maximum atomic E-state index is 12.8. The molecular formula is C20H23N3O7S. The minimum atomic E-state index is -4.00. The van der Waals surface area contributed by atoms with Gasteiger partial charge in [0.1, 0.15) is 0 Å². The van der Waals surface area contributed by atoms with E-state index in [4.69, 9.17) is 23.4 Å². The van der Waals surface area contributed by atoms with E-state index in [0.29, 0.717) is 41.8 Å². The van der Waals surface area contributed by atoms with Gasteiger partial charge >= 0.3 is 6.01 Å². The monoisotopic (exact) mass is 449 g/mol. The lowest BCUT2D eigenvalue weighted by atomic mass is 10.2. The zero-order valence-corrected chi connectivity index (χ0v) is 18.4. The average molecular weight is 449 g/mol. The number of anilines is 1. The van der Waals surface area contributed by atoms with Crippen LogP contribution in [0.2, 0.25) is 0 Å². The van der Waals surface area contributed by atoms with Gasteiger partial charge in [-0.2, -0.15) is 0 Å². The second-order valence-corrected chi connectivity index (χ2v) is 7.74. The van der Waals surface area contributed by atoms with Crippen LogP contribution >= 0.6 is 0 Å². The van der Waals surface area contributed by atoms with Crippen molar-refractivity contribution in [1.82, 2.24) is 10.2 Å². The molecule has 11 heteroatoms. The zero-order chi connectivity index (χ0) is 22.4. The Balaban J connectivity index is 1.85. The molecule has 1 heterocycles. The highest BCUT2D eigenvalue weighted by Gasteiger charge is 2.21. The van der Waals surface area contributed by atoms with E-state index in [1.807, 2.05) is 6.92 Å². The largest absolute Gasteiger partial charge is 0.493 e. The van der Waals surface area contributed by atoms with E-state index >= 15 is 0 Å². The van der Waals surface area contributed by atoms with Gasteiger partial charge in [-0.3, -0.25) is 0 Å². The summed E-state index contributed by atoms with van der Waals surface area (Å²) >= 11 is 0. The summed E-state index contributed by atoms with van der Waals surface area (Å²) in [4.78, 5) is -0.0368. The van der Waals surface area contributed by atoms with Crippen LogP contribution in [0, 0.1) is 0 Å². The third-order valence-corrected chi connectivity index (χ3v) is 5.42. The number of hydrogen-bond donors (Lipinski definition) is 1. The molecule has 166 valence electrons. The molecular weight excluding hydrogens is 426 g/mol. The molecule has 31 heavy (non-hydrogen) atoms. The van der Waals surface area contributed by atoms with Crippen molar-refractivity contribution in [3.8, 4) is 34.5 Å². The van der Waals surface area contributed by atoms with Gasteiger partial charge in [0.25, 0.3) is 10.0 Å². The lowest BCUT2D eigenvalue weighted by molar-refractivity contribution is 0.287. The predicted octanol–water partition coefficient (Wildman–Crippen LogP) is 3.35. The lowest BCUT2D eigenvalue weighted by Crippen LogP contribution is -2.13. The molecule has 0 aliphatic rings. The van der Waals surface area contributed by atoms with Crippen LogP contribution in [0.25, 0.3) is 11.5 Å². The summed E-state index contributed by atoms with van der Waals surface area (Å²) in [5, 5.41) is 7.67. The van der Waals surface area contributed by atoms with Crippen molar-refractivity contribution in [2.45, 2.75) is 18.7 Å². The van der Waals surface area contributed by atoms with Gasteiger partial charge in [0.15, 0.2) is 23.0 Å². The molecule has 0 saturated carbocycles. The van der Waals surface area contributed by atoms with Gasteiger partial charge in [-0.05, 0) is 44.2 Å². The molecule has 0 aliphatic heterocycles. The van der Waals surface area contributed by atoms with Gasteiger partial charge in [0, 0.05) is 11.6 Å². The van der Waals surface area contributed by atoms with Gasteiger partial charge < -0.3 is 23.4 Å². The average Bonchev–Trinajstić information content (AvgIpc) is 3.22. The summed E-state index contributed by atoms with van der Waals surface area (Å²) in [6.45, 7) is 4.40. The highest BCUT2D eigenvalue weighted by Crippen LogP contribution is 2.33. The third-order valence-electron chi connectivity index (χ3n) is 4.10. The molecule has 10 nitrogen and oxygen atoms in total. The fraction of sp³-hybridized carbons (Fsp3) is 0.300. The number of benzene rings is 2. The van der Waals surface area contributed by atoms with E-state index in [1.165, 1.54) is 32.4 Å². The molecule has 2 aromatic carbocycles. The van der Waals surface area contributed by atoms with E-state index in [1.54, 1.807) is 25.1 Å². The van der Waals surface area contributed by atoms with Crippen LogP contribution in [-0.2, 0) is 10.0 Å². The zero-order valence-electron chi connectivity index (χ0n) is 17.5. The summed E-state index contributed by atoms with van der Waals surface area (Å²) in [7, 11) is -0.980. The molecule has 0 aliphatic carbocycles. The number of hydrogen-bond acceptors (Lipinski definition) is 9. The number of sulfonamides is 1. The normalized spacial score (nSPS) is 11.1. The van der Waals surface area contributed by atoms with E-state index < -0.39 is 10.0 Å². The fourth-order valence-electron chi connectivity index (χ4n) is 2.72. The number of nitrogens with one attached hydrogen (secondary N) is 1. The Hall–Kier alpha value is -3.47. The summed E-state index contributed by atoms with van der Waals surface area (Å²) in [5.74, 6) is 1.89. The number of methoxy groups -OCH3 is 2. The van der Waals surface area contributed by atoms with E-state index in [2.05, 4.69) is 14.9 Å². The highest BCUT2D eigenvalue weighted by molar-refractivity contribution is 7.92. The van der Waals surface area contributed by atoms with Crippen LogP contribution < -0.4 is 23.7 Å². The first-order chi connectivity index (χ1) is 14.9. The summed E-state index contributed by atoms with van der Waals surface area (Å²) in [6, 6.07) is 9.05. The summed E-state index contributed by atoms with van der Waals surface area (Å²) in [6.07, 6.45) is 0. The molecule has 1 N–H and O–H groups in total. The minimum absolute atomic E-state index is 0.0368. The Bertz CT molecular complexity index is 1150. The van der Waals surface area contributed by atoms with Crippen molar-refractivity contribution < 1.29 is 31.8 Å². The molecule has 0 radical (unpaired) electrons. The Morgan fingerprint density at radius 1 is 0.871 bits per heavy atom. The second kappa shape index (κ2) is 9.56. The van der Waals surface area contributed by atoms with Gasteiger partial charge in [-0.15, -0.1) is 5.10 Å². The molecule has 0 unspecified atom stereocenters. The molecule has 3 rings (SSSR count). The van der Waals surface area contributed by atoms with Crippen LogP contribution in [0.4, 0.5) is 6.01 Å². The van der Waals surface area contributed by atoms with Crippen molar-refractivity contribution in [1.29, 1.82) is 0 Å². The van der Waals surface area contributed by atoms with Crippen molar-refractivity contribution in [2.75, 3.05) is 32.2 Å². The van der Waals surface area contributed by atoms with Crippen LogP contribution in [0.1, 0.15) is 13.8 Å². The van der Waals surface area contributed by atoms with Crippen LogP contribution in [-0.4, -0.2) is 46.0 Å². The number of aromatic nitrogens is 2. The van der Waals surface area contributed by atoms with Gasteiger partial charge in [-0.25, -0.2) is 13.1 Å². The Labute approximate surface area is 180 Å². The van der Waals surface area contributed by atoms with Crippen molar-refractivity contribution in [2.24, 2.45) is 0 Å². The van der Waals surface area contributed by atoms with E-state index in [9.17, 15) is 8.42 Å². The summed E-state index contributed by atoms with van der Waals surface area (Å²) < 4.78 is 54.7. The number of rotatable bonds is 10. The molecule has 0 amide bonds. The van der Waals surface area contributed by atoms with Crippen molar-refractivity contribution in [3.05, 3.63) is 36.4 Å². The van der Waals surface area contributed by atoms with E-state index in [-0.39, 0.29) is 16.8 Å². The molecule has 0 atom stereocenters. The Kier molecular flexibility index (Phi) is 6.85. The molecule has 0 fully saturated rings. The lowest BCUT2D eigenvalue weighted by Gasteiger charge is -2.12. The first-order valence-electron chi connectivity index (χ1n) is 9.40. The second-order valence-electron chi connectivity index (χ2n) is 6.06. The quantitative estimate of drug-likeness (QED) is 0.496. The van der Waals surface area contributed by atoms with Crippen molar-refractivity contribution in [3.63, 3.8) is 0 Å². The van der Waals surface area contributed by atoms with Gasteiger partial charge in [0.05, 0.1) is 32.3 Å². The first kappa shape index (κ1) is 22.2. The summed E-state index contributed by atoms with van der Waals surface area (Å²) in [5.41, 5.74) is 0.537.